The summed E-state index contributed by atoms with van der Waals surface area (Å²) in [5.74, 6) is 1.38. The monoisotopic (exact) mass is 311 g/mol. The fourth-order valence-corrected chi connectivity index (χ4v) is 2.39. The molecule has 0 aliphatic carbocycles. The van der Waals surface area contributed by atoms with E-state index in [1.807, 2.05) is 31.2 Å². The number of hydrogen-bond donors (Lipinski definition) is 1. The minimum atomic E-state index is 0.316. The smallest absolute Gasteiger partial charge is 0.157 e. The quantitative estimate of drug-likeness (QED) is 0.844. The van der Waals surface area contributed by atoms with E-state index < -0.39 is 0 Å². The van der Waals surface area contributed by atoms with E-state index in [0.717, 1.165) is 11.3 Å². The first-order chi connectivity index (χ1) is 9.61. The number of aryl methyl sites for hydroxylation is 1. The predicted molar refractivity (Wildman–Crippen MR) is 81.7 cm³/mol. The molecule has 106 valence electrons. The zero-order chi connectivity index (χ0) is 14.5. The SMILES string of the molecule is CCOc1ccccc1CNc1c(Cl)nc(C)nc1Cl. The number of ether oxygens (including phenoxy) is 1. The number of nitrogens with one attached hydrogen (secondary N) is 1. The second-order valence-electron chi connectivity index (χ2n) is 4.12. The van der Waals surface area contributed by atoms with Crippen LogP contribution >= 0.6 is 23.2 Å². The number of aromatic nitrogens is 2. The molecular formula is C14H15Cl2N3O. The molecule has 4 nitrogen and oxygen atoms in total. The summed E-state index contributed by atoms with van der Waals surface area (Å²) in [5.41, 5.74) is 1.55. The zero-order valence-electron chi connectivity index (χ0n) is 11.3. The molecule has 0 bridgehead atoms. The van der Waals surface area contributed by atoms with Gasteiger partial charge in [0.2, 0.25) is 0 Å². The van der Waals surface area contributed by atoms with Crippen LogP contribution in [0.1, 0.15) is 18.3 Å². The third-order valence-corrected chi connectivity index (χ3v) is 3.21. The van der Waals surface area contributed by atoms with Crippen LogP contribution in [0.25, 0.3) is 0 Å². The lowest BCUT2D eigenvalue weighted by Crippen LogP contribution is -2.05. The van der Waals surface area contributed by atoms with E-state index in [4.69, 9.17) is 27.9 Å². The second-order valence-corrected chi connectivity index (χ2v) is 4.84. The lowest BCUT2D eigenvalue weighted by Gasteiger charge is -2.13. The van der Waals surface area contributed by atoms with E-state index in [-0.39, 0.29) is 0 Å². The van der Waals surface area contributed by atoms with Crippen LogP contribution in [0.15, 0.2) is 24.3 Å². The first-order valence-electron chi connectivity index (χ1n) is 6.26. The number of para-hydroxylation sites is 1. The van der Waals surface area contributed by atoms with Crippen LogP contribution in [0.2, 0.25) is 10.3 Å². The van der Waals surface area contributed by atoms with E-state index in [0.29, 0.717) is 35.0 Å². The van der Waals surface area contributed by atoms with E-state index in [1.165, 1.54) is 0 Å². The number of rotatable bonds is 5. The molecule has 2 rings (SSSR count). The Hall–Kier alpha value is -1.52. The van der Waals surface area contributed by atoms with Crippen molar-refractivity contribution >= 4 is 28.9 Å². The molecule has 2 aromatic rings. The summed E-state index contributed by atoms with van der Waals surface area (Å²) < 4.78 is 5.57. The third kappa shape index (κ3) is 3.52. The lowest BCUT2D eigenvalue weighted by molar-refractivity contribution is 0.337. The van der Waals surface area contributed by atoms with Crippen molar-refractivity contribution in [3.8, 4) is 5.75 Å². The Morgan fingerprint density at radius 1 is 1.15 bits per heavy atom. The Morgan fingerprint density at radius 3 is 2.45 bits per heavy atom. The van der Waals surface area contributed by atoms with Crippen molar-refractivity contribution in [1.82, 2.24) is 9.97 Å². The Balaban J connectivity index is 2.17. The molecular weight excluding hydrogens is 297 g/mol. The molecule has 0 unspecified atom stereocenters. The van der Waals surface area contributed by atoms with Gasteiger partial charge in [0.1, 0.15) is 17.3 Å². The molecule has 0 aliphatic rings. The molecule has 1 aromatic carbocycles. The fourth-order valence-electron chi connectivity index (χ4n) is 1.78. The topological polar surface area (TPSA) is 47.0 Å². The second kappa shape index (κ2) is 6.77. The molecule has 0 fully saturated rings. The molecule has 1 aromatic heterocycles. The molecule has 1 heterocycles. The van der Waals surface area contributed by atoms with E-state index in [1.54, 1.807) is 6.92 Å². The highest BCUT2D eigenvalue weighted by Gasteiger charge is 2.10. The van der Waals surface area contributed by atoms with Crippen LogP contribution in [0.4, 0.5) is 5.69 Å². The average Bonchev–Trinajstić information content (AvgIpc) is 2.39. The van der Waals surface area contributed by atoms with Gasteiger partial charge in [0.15, 0.2) is 10.3 Å². The first kappa shape index (κ1) is 14.9. The number of nitrogens with zero attached hydrogens (tertiary/aromatic N) is 2. The minimum absolute atomic E-state index is 0.316. The van der Waals surface area contributed by atoms with Gasteiger partial charge in [-0.2, -0.15) is 0 Å². The van der Waals surface area contributed by atoms with Crippen molar-refractivity contribution in [2.24, 2.45) is 0 Å². The number of halogens is 2. The Morgan fingerprint density at radius 2 is 1.80 bits per heavy atom. The summed E-state index contributed by atoms with van der Waals surface area (Å²) in [6.45, 7) is 4.84. The van der Waals surface area contributed by atoms with Crippen LogP contribution in [-0.4, -0.2) is 16.6 Å². The average molecular weight is 312 g/mol. The first-order valence-corrected chi connectivity index (χ1v) is 7.01. The molecule has 6 heteroatoms. The summed E-state index contributed by atoms with van der Waals surface area (Å²) in [6, 6.07) is 7.79. The van der Waals surface area contributed by atoms with Crippen molar-refractivity contribution in [1.29, 1.82) is 0 Å². The van der Waals surface area contributed by atoms with Crippen LogP contribution in [0, 0.1) is 6.92 Å². The van der Waals surface area contributed by atoms with E-state index in [9.17, 15) is 0 Å². The van der Waals surface area contributed by atoms with Gasteiger partial charge in [-0.15, -0.1) is 0 Å². The highest BCUT2D eigenvalue weighted by molar-refractivity contribution is 6.37. The maximum Gasteiger partial charge on any atom is 0.157 e. The normalized spacial score (nSPS) is 10.4. The van der Waals surface area contributed by atoms with Gasteiger partial charge in [0, 0.05) is 12.1 Å². The van der Waals surface area contributed by atoms with Gasteiger partial charge in [-0.3, -0.25) is 0 Å². The predicted octanol–water partition coefficient (Wildman–Crippen LogP) is 4.10. The molecule has 0 spiro atoms. The van der Waals surface area contributed by atoms with Gasteiger partial charge in [-0.25, -0.2) is 9.97 Å². The Bertz CT molecular complexity index is 582. The van der Waals surface area contributed by atoms with Gasteiger partial charge in [-0.1, -0.05) is 41.4 Å². The molecule has 0 radical (unpaired) electrons. The maximum atomic E-state index is 6.07. The number of benzene rings is 1. The lowest BCUT2D eigenvalue weighted by atomic mass is 10.2. The minimum Gasteiger partial charge on any atom is -0.494 e. The number of hydrogen-bond acceptors (Lipinski definition) is 4. The van der Waals surface area contributed by atoms with Crippen LogP contribution in [0.5, 0.6) is 5.75 Å². The maximum absolute atomic E-state index is 6.07. The van der Waals surface area contributed by atoms with Crippen LogP contribution in [0.3, 0.4) is 0 Å². The molecule has 0 saturated carbocycles. The van der Waals surface area contributed by atoms with Gasteiger partial charge in [0.25, 0.3) is 0 Å². The third-order valence-electron chi connectivity index (χ3n) is 2.66. The molecule has 0 atom stereocenters. The van der Waals surface area contributed by atoms with Gasteiger partial charge in [-0.05, 0) is 19.9 Å². The fraction of sp³-hybridized carbons (Fsp3) is 0.286. The Kier molecular flexibility index (Phi) is 5.04. The largest absolute Gasteiger partial charge is 0.494 e. The molecule has 0 aliphatic heterocycles. The summed E-state index contributed by atoms with van der Waals surface area (Å²) in [4.78, 5) is 8.16. The highest BCUT2D eigenvalue weighted by atomic mass is 35.5. The number of anilines is 1. The highest BCUT2D eigenvalue weighted by Crippen LogP contribution is 2.28. The van der Waals surface area contributed by atoms with Crippen molar-refractivity contribution in [2.45, 2.75) is 20.4 Å². The van der Waals surface area contributed by atoms with E-state index >= 15 is 0 Å². The van der Waals surface area contributed by atoms with Gasteiger partial charge < -0.3 is 10.1 Å². The van der Waals surface area contributed by atoms with E-state index in [2.05, 4.69) is 15.3 Å². The Labute approximate surface area is 128 Å². The van der Waals surface area contributed by atoms with Gasteiger partial charge >= 0.3 is 0 Å². The molecule has 20 heavy (non-hydrogen) atoms. The van der Waals surface area contributed by atoms with Crippen LogP contribution < -0.4 is 10.1 Å². The van der Waals surface area contributed by atoms with Crippen molar-refractivity contribution in [3.05, 3.63) is 46.0 Å². The summed E-state index contributed by atoms with van der Waals surface area (Å²) >= 11 is 12.1. The summed E-state index contributed by atoms with van der Waals surface area (Å²) in [7, 11) is 0. The standard InChI is InChI=1S/C14H15Cl2N3O/c1-3-20-11-7-5-4-6-10(11)8-17-12-13(15)18-9(2)19-14(12)16/h4-7,17H,3,8H2,1-2H3. The summed E-state index contributed by atoms with van der Waals surface area (Å²) in [6.07, 6.45) is 0. The molecule has 0 saturated heterocycles. The van der Waals surface area contributed by atoms with Gasteiger partial charge in [0.05, 0.1) is 6.61 Å². The summed E-state index contributed by atoms with van der Waals surface area (Å²) in [5, 5.41) is 3.79. The molecule has 1 N–H and O–H groups in total. The zero-order valence-corrected chi connectivity index (χ0v) is 12.8. The van der Waals surface area contributed by atoms with Crippen molar-refractivity contribution in [2.75, 3.05) is 11.9 Å². The molecule has 0 amide bonds. The van der Waals surface area contributed by atoms with Crippen molar-refractivity contribution < 1.29 is 4.74 Å². The van der Waals surface area contributed by atoms with Crippen LogP contribution in [-0.2, 0) is 6.54 Å². The van der Waals surface area contributed by atoms with Crippen molar-refractivity contribution in [3.63, 3.8) is 0 Å².